The van der Waals surface area contributed by atoms with Gasteiger partial charge in [0.1, 0.15) is 0 Å². The van der Waals surface area contributed by atoms with Gasteiger partial charge in [0.15, 0.2) is 0 Å². The van der Waals surface area contributed by atoms with Crippen molar-refractivity contribution in [2.75, 3.05) is 25.6 Å². The summed E-state index contributed by atoms with van der Waals surface area (Å²) in [4.78, 5) is 12.9. The van der Waals surface area contributed by atoms with Crippen LogP contribution >= 0.6 is 11.8 Å². The van der Waals surface area contributed by atoms with E-state index >= 15 is 0 Å². The topological polar surface area (TPSA) is 40.5 Å². The van der Waals surface area contributed by atoms with E-state index in [-0.39, 0.29) is 0 Å². The molecule has 0 aromatic carbocycles. The Balaban J connectivity index is 4.16. The number of likely N-dealkylation sites (N-methyl/N-ethyl adjacent to an activating group) is 1. The Morgan fingerprint density at radius 3 is 2.60 bits per heavy atom. The number of aliphatic carboxylic acids is 1. The maximum atomic E-state index is 10.7. The van der Waals surface area contributed by atoms with Crippen molar-refractivity contribution >= 4 is 17.7 Å². The van der Waals surface area contributed by atoms with Gasteiger partial charge in [-0.05, 0) is 26.6 Å². The van der Waals surface area contributed by atoms with Gasteiger partial charge in [0.25, 0.3) is 0 Å². The molecule has 15 heavy (non-hydrogen) atoms. The number of hydrogen-bond acceptors (Lipinski definition) is 3. The van der Waals surface area contributed by atoms with E-state index in [0.717, 1.165) is 5.75 Å². The van der Waals surface area contributed by atoms with E-state index in [2.05, 4.69) is 18.1 Å². The van der Waals surface area contributed by atoms with Gasteiger partial charge in [-0.2, -0.15) is 11.8 Å². The lowest BCUT2D eigenvalue weighted by atomic mass is 10.2. The number of thioether (sulfide) groups is 1. The van der Waals surface area contributed by atoms with Crippen molar-refractivity contribution in [3.8, 4) is 0 Å². The van der Waals surface area contributed by atoms with E-state index in [1.54, 1.807) is 17.8 Å². The molecular formula is C11H21NO2S. The van der Waals surface area contributed by atoms with Crippen LogP contribution in [0.2, 0.25) is 0 Å². The van der Waals surface area contributed by atoms with Crippen LogP contribution in [0.4, 0.5) is 0 Å². The van der Waals surface area contributed by atoms with Crippen molar-refractivity contribution in [3.05, 3.63) is 11.6 Å². The standard InChI is InChI=1S/C11H21NO2S/c1-5-10(11(13)14)6-7-12(3)9(2)8-15-4/h6,9H,5,7-8H2,1-4H3,(H,13,14). The molecule has 1 unspecified atom stereocenters. The second-order valence-corrected chi connectivity index (χ2v) is 4.54. The van der Waals surface area contributed by atoms with Crippen LogP contribution in [0, 0.1) is 0 Å². The highest BCUT2D eigenvalue weighted by Gasteiger charge is 2.08. The number of rotatable bonds is 7. The maximum absolute atomic E-state index is 10.7. The predicted molar refractivity (Wildman–Crippen MR) is 66.5 cm³/mol. The largest absolute Gasteiger partial charge is 0.478 e. The van der Waals surface area contributed by atoms with Crippen LogP contribution in [0.1, 0.15) is 20.3 Å². The van der Waals surface area contributed by atoms with Crippen LogP contribution < -0.4 is 0 Å². The lowest BCUT2D eigenvalue weighted by Crippen LogP contribution is -2.31. The highest BCUT2D eigenvalue weighted by Crippen LogP contribution is 2.06. The van der Waals surface area contributed by atoms with Gasteiger partial charge in [-0.3, -0.25) is 4.90 Å². The van der Waals surface area contributed by atoms with E-state index in [4.69, 9.17) is 5.11 Å². The summed E-state index contributed by atoms with van der Waals surface area (Å²) in [5.41, 5.74) is 0.498. The molecule has 0 saturated carbocycles. The Hall–Kier alpha value is -0.480. The highest BCUT2D eigenvalue weighted by molar-refractivity contribution is 7.98. The molecule has 0 bridgehead atoms. The first-order valence-electron chi connectivity index (χ1n) is 5.14. The van der Waals surface area contributed by atoms with Crippen molar-refractivity contribution < 1.29 is 9.90 Å². The molecule has 0 aromatic heterocycles. The van der Waals surface area contributed by atoms with Gasteiger partial charge < -0.3 is 5.11 Å². The van der Waals surface area contributed by atoms with E-state index in [1.165, 1.54) is 0 Å². The van der Waals surface area contributed by atoms with Gasteiger partial charge in [0.2, 0.25) is 0 Å². The van der Waals surface area contributed by atoms with Crippen molar-refractivity contribution in [3.63, 3.8) is 0 Å². The number of carboxylic acids is 1. The van der Waals surface area contributed by atoms with Crippen LogP contribution in [0.15, 0.2) is 11.6 Å². The molecule has 0 saturated heterocycles. The smallest absolute Gasteiger partial charge is 0.331 e. The van der Waals surface area contributed by atoms with E-state index < -0.39 is 5.97 Å². The van der Waals surface area contributed by atoms with Crippen LogP contribution in [0.3, 0.4) is 0 Å². The summed E-state index contributed by atoms with van der Waals surface area (Å²) in [5, 5.41) is 8.84. The van der Waals surface area contributed by atoms with Crippen LogP contribution in [-0.4, -0.2) is 47.6 Å². The molecule has 0 heterocycles. The quantitative estimate of drug-likeness (QED) is 0.681. The van der Waals surface area contributed by atoms with Gasteiger partial charge in [-0.25, -0.2) is 4.79 Å². The molecule has 0 fully saturated rings. The molecule has 3 nitrogen and oxygen atoms in total. The fourth-order valence-corrected chi connectivity index (χ4v) is 1.92. The second kappa shape index (κ2) is 7.77. The molecule has 4 heteroatoms. The zero-order valence-corrected chi connectivity index (χ0v) is 10.8. The summed E-state index contributed by atoms with van der Waals surface area (Å²) in [6, 6.07) is 0.475. The molecule has 0 aliphatic carbocycles. The van der Waals surface area contributed by atoms with Gasteiger partial charge in [0.05, 0.1) is 0 Å². The number of carboxylic acid groups (broad SMARTS) is 1. The first-order valence-corrected chi connectivity index (χ1v) is 6.53. The molecule has 0 aliphatic heterocycles. The van der Waals surface area contributed by atoms with E-state index in [9.17, 15) is 4.79 Å². The molecule has 0 aromatic rings. The molecule has 0 amide bonds. The SMILES string of the molecule is CCC(=CCN(C)C(C)CSC)C(=O)O. The van der Waals surface area contributed by atoms with Crippen LogP contribution in [0.5, 0.6) is 0 Å². The Labute approximate surface area is 96.5 Å². The molecule has 0 radical (unpaired) electrons. The number of nitrogens with zero attached hydrogens (tertiary/aromatic N) is 1. The summed E-state index contributed by atoms with van der Waals surface area (Å²) >= 11 is 1.81. The van der Waals surface area contributed by atoms with Crippen molar-refractivity contribution in [1.29, 1.82) is 0 Å². The third-order valence-electron chi connectivity index (χ3n) is 2.44. The minimum atomic E-state index is -0.802. The van der Waals surface area contributed by atoms with E-state index in [0.29, 0.717) is 24.6 Å². The van der Waals surface area contributed by atoms with Gasteiger partial charge in [-0.1, -0.05) is 13.0 Å². The van der Waals surface area contributed by atoms with Gasteiger partial charge in [0, 0.05) is 23.9 Å². The number of hydrogen-bond donors (Lipinski definition) is 1. The summed E-state index contributed by atoms with van der Waals surface area (Å²) in [7, 11) is 2.02. The normalized spacial score (nSPS) is 14.3. The maximum Gasteiger partial charge on any atom is 0.331 e. The van der Waals surface area contributed by atoms with Gasteiger partial charge >= 0.3 is 5.97 Å². The van der Waals surface area contributed by atoms with E-state index in [1.807, 2.05) is 14.0 Å². The molecular weight excluding hydrogens is 210 g/mol. The molecule has 0 aliphatic rings. The summed E-state index contributed by atoms with van der Waals surface area (Å²) in [6.45, 7) is 4.72. The Kier molecular flexibility index (Phi) is 7.52. The van der Waals surface area contributed by atoms with Crippen LogP contribution in [0.25, 0.3) is 0 Å². The fraction of sp³-hybridized carbons (Fsp3) is 0.727. The third kappa shape index (κ3) is 5.85. The lowest BCUT2D eigenvalue weighted by Gasteiger charge is -2.22. The van der Waals surface area contributed by atoms with Crippen molar-refractivity contribution in [2.24, 2.45) is 0 Å². The molecule has 88 valence electrons. The van der Waals surface area contributed by atoms with Crippen molar-refractivity contribution in [1.82, 2.24) is 4.90 Å². The predicted octanol–water partition coefficient (Wildman–Crippen LogP) is 2.09. The monoisotopic (exact) mass is 231 g/mol. The molecule has 0 rings (SSSR count). The fourth-order valence-electron chi connectivity index (χ4n) is 1.19. The summed E-state index contributed by atoms with van der Waals surface area (Å²) in [6.07, 6.45) is 4.47. The lowest BCUT2D eigenvalue weighted by molar-refractivity contribution is -0.132. The van der Waals surface area contributed by atoms with Crippen molar-refractivity contribution in [2.45, 2.75) is 26.3 Å². The Morgan fingerprint density at radius 2 is 2.20 bits per heavy atom. The average molecular weight is 231 g/mol. The number of carbonyl (C=O) groups is 1. The summed E-state index contributed by atoms with van der Waals surface area (Å²) < 4.78 is 0. The first kappa shape index (κ1) is 14.5. The molecule has 0 spiro atoms. The van der Waals surface area contributed by atoms with Crippen LogP contribution in [-0.2, 0) is 4.79 Å². The summed E-state index contributed by atoms with van der Waals surface area (Å²) in [5.74, 6) is 0.266. The molecule has 1 atom stereocenters. The zero-order chi connectivity index (χ0) is 11.8. The second-order valence-electron chi connectivity index (χ2n) is 3.63. The first-order chi connectivity index (χ1) is 7.02. The zero-order valence-electron chi connectivity index (χ0n) is 9.99. The Morgan fingerprint density at radius 1 is 1.60 bits per heavy atom. The molecule has 1 N–H and O–H groups in total. The third-order valence-corrected chi connectivity index (χ3v) is 3.26. The minimum Gasteiger partial charge on any atom is -0.478 e. The van der Waals surface area contributed by atoms with Gasteiger partial charge in [-0.15, -0.1) is 0 Å². The minimum absolute atomic E-state index is 0.475. The Bertz CT molecular complexity index is 229. The highest BCUT2D eigenvalue weighted by atomic mass is 32.2. The average Bonchev–Trinajstić information content (AvgIpc) is 2.18.